The normalized spacial score (nSPS) is 25.0. The van der Waals surface area contributed by atoms with Crippen LogP contribution in [0.3, 0.4) is 0 Å². The molecule has 1 aromatic carbocycles. The third kappa shape index (κ3) is 4.58. The number of nitrogens with zero attached hydrogens (tertiary/aromatic N) is 3. The van der Waals surface area contributed by atoms with Crippen molar-refractivity contribution in [1.29, 1.82) is 0 Å². The summed E-state index contributed by atoms with van der Waals surface area (Å²) < 4.78 is 17.8. The van der Waals surface area contributed by atoms with E-state index in [9.17, 15) is 4.79 Å². The van der Waals surface area contributed by atoms with Gasteiger partial charge in [0.05, 0.1) is 43.3 Å². The van der Waals surface area contributed by atoms with Crippen molar-refractivity contribution in [3.05, 3.63) is 42.1 Å². The Bertz CT molecular complexity index is 1100. The van der Waals surface area contributed by atoms with Gasteiger partial charge in [-0.25, -0.2) is 4.98 Å². The molecule has 6 rings (SSSR count). The van der Waals surface area contributed by atoms with Crippen LogP contribution in [0, 0.1) is 5.41 Å². The van der Waals surface area contributed by atoms with E-state index in [1.54, 1.807) is 6.20 Å². The summed E-state index contributed by atoms with van der Waals surface area (Å²) in [6, 6.07) is 10.3. The Morgan fingerprint density at radius 3 is 2.89 bits per heavy atom. The summed E-state index contributed by atoms with van der Waals surface area (Å²) in [5.74, 6) is 0.787. The fraction of sp³-hybridized carbons (Fsp3) is 0.571. The zero-order chi connectivity index (χ0) is 24.7. The van der Waals surface area contributed by atoms with Crippen molar-refractivity contribution in [3.8, 4) is 0 Å². The molecule has 3 saturated heterocycles. The number of carbonyl (C=O) groups excluding carboxylic acids is 1. The SMILES string of the molecule is CC(C)O[C@H]1CC[C@H](C(=O)N2Cc3cccnc3Nc3ccc(N4CC5(CCCOC5)C4)cc32)OC1. The van der Waals surface area contributed by atoms with Crippen molar-refractivity contribution < 1.29 is 19.0 Å². The van der Waals surface area contributed by atoms with Crippen molar-refractivity contribution in [2.45, 2.75) is 64.4 Å². The van der Waals surface area contributed by atoms with Crippen LogP contribution in [-0.4, -0.2) is 62.1 Å². The van der Waals surface area contributed by atoms with Crippen molar-refractivity contribution in [2.24, 2.45) is 5.41 Å². The van der Waals surface area contributed by atoms with Gasteiger partial charge in [0.1, 0.15) is 11.9 Å². The van der Waals surface area contributed by atoms with Crippen LogP contribution in [0.15, 0.2) is 36.5 Å². The molecule has 4 aliphatic rings. The number of carbonyl (C=O) groups is 1. The predicted octanol–water partition coefficient (Wildman–Crippen LogP) is 4.26. The summed E-state index contributed by atoms with van der Waals surface area (Å²) in [6.45, 7) is 8.69. The van der Waals surface area contributed by atoms with Crippen LogP contribution in [-0.2, 0) is 25.5 Å². The van der Waals surface area contributed by atoms with E-state index in [1.807, 2.05) is 30.9 Å². The van der Waals surface area contributed by atoms with Crippen LogP contribution in [0.2, 0.25) is 0 Å². The highest BCUT2D eigenvalue weighted by molar-refractivity contribution is 6.01. The minimum absolute atomic E-state index is 0.00402. The first kappa shape index (κ1) is 23.7. The molecular formula is C28H36N4O4. The third-order valence-electron chi connectivity index (χ3n) is 7.81. The minimum atomic E-state index is -0.474. The van der Waals surface area contributed by atoms with E-state index in [0.717, 1.165) is 67.6 Å². The Hall–Kier alpha value is -2.68. The van der Waals surface area contributed by atoms with Gasteiger partial charge in [-0.05, 0) is 63.8 Å². The molecule has 0 bridgehead atoms. The number of rotatable bonds is 4. The van der Waals surface area contributed by atoms with Gasteiger partial charge in [0.25, 0.3) is 5.91 Å². The lowest BCUT2D eigenvalue weighted by Gasteiger charge is -2.53. The molecule has 5 heterocycles. The molecule has 1 spiro atoms. The second kappa shape index (κ2) is 9.65. The summed E-state index contributed by atoms with van der Waals surface area (Å²) in [6.07, 6.45) is 5.35. The maximum absolute atomic E-state index is 13.9. The Labute approximate surface area is 212 Å². The van der Waals surface area contributed by atoms with Crippen LogP contribution in [0.5, 0.6) is 0 Å². The highest BCUT2D eigenvalue weighted by Crippen LogP contribution is 2.44. The lowest BCUT2D eigenvalue weighted by atomic mass is 9.75. The van der Waals surface area contributed by atoms with Crippen molar-refractivity contribution >= 4 is 28.8 Å². The second-order valence-corrected chi connectivity index (χ2v) is 11.0. The van der Waals surface area contributed by atoms with Gasteiger partial charge in [0, 0.05) is 42.6 Å². The fourth-order valence-corrected chi connectivity index (χ4v) is 6.00. The summed E-state index contributed by atoms with van der Waals surface area (Å²) in [7, 11) is 0. The largest absolute Gasteiger partial charge is 0.381 e. The molecule has 36 heavy (non-hydrogen) atoms. The van der Waals surface area contributed by atoms with E-state index in [2.05, 4.69) is 33.4 Å². The van der Waals surface area contributed by atoms with Gasteiger partial charge < -0.3 is 29.3 Å². The monoisotopic (exact) mass is 492 g/mol. The van der Waals surface area contributed by atoms with E-state index in [4.69, 9.17) is 14.2 Å². The molecular weight excluding hydrogens is 456 g/mol. The molecule has 8 heteroatoms. The summed E-state index contributed by atoms with van der Waals surface area (Å²) >= 11 is 0. The molecule has 1 N–H and O–H groups in total. The quantitative estimate of drug-likeness (QED) is 0.683. The van der Waals surface area contributed by atoms with Crippen molar-refractivity contribution in [3.63, 3.8) is 0 Å². The number of ether oxygens (including phenoxy) is 3. The number of hydrogen-bond donors (Lipinski definition) is 1. The van der Waals surface area contributed by atoms with Crippen LogP contribution in [0.4, 0.5) is 22.9 Å². The molecule has 0 saturated carbocycles. The molecule has 2 atom stereocenters. The topological polar surface area (TPSA) is 76.2 Å². The first-order valence-corrected chi connectivity index (χ1v) is 13.3. The Balaban J connectivity index is 1.25. The van der Waals surface area contributed by atoms with Crippen molar-refractivity contribution in [2.75, 3.05) is 48.0 Å². The highest BCUT2D eigenvalue weighted by Gasteiger charge is 2.44. The van der Waals surface area contributed by atoms with Gasteiger partial charge in [-0.15, -0.1) is 0 Å². The number of anilines is 4. The molecule has 192 valence electrons. The average molecular weight is 493 g/mol. The minimum Gasteiger partial charge on any atom is -0.381 e. The zero-order valence-electron chi connectivity index (χ0n) is 21.2. The Morgan fingerprint density at radius 2 is 2.14 bits per heavy atom. The molecule has 4 aliphatic heterocycles. The molecule has 0 aliphatic carbocycles. The number of pyridine rings is 1. The number of benzene rings is 1. The Morgan fingerprint density at radius 1 is 1.25 bits per heavy atom. The third-order valence-corrected chi connectivity index (χ3v) is 7.81. The number of nitrogens with one attached hydrogen (secondary N) is 1. The maximum Gasteiger partial charge on any atom is 0.256 e. The summed E-state index contributed by atoms with van der Waals surface area (Å²) in [5, 5.41) is 3.47. The Kier molecular flexibility index (Phi) is 6.35. The standard InChI is InChI=1S/C28H36N4O4/c1-19(2)36-22-7-9-25(35-15-22)27(33)32-14-20-5-3-11-29-26(20)30-23-8-6-21(13-24(23)32)31-16-28(17-31)10-4-12-34-18-28/h3,5-6,8,11,13,19,22,25H,4,7,9-10,12,14-18H2,1-2H3,(H,29,30)/t22-,25+/m0/s1. The van der Waals surface area contributed by atoms with Gasteiger partial charge in [-0.3, -0.25) is 4.79 Å². The average Bonchev–Trinajstić information content (AvgIpc) is 3.04. The fourth-order valence-electron chi connectivity index (χ4n) is 6.00. The van der Waals surface area contributed by atoms with Gasteiger partial charge in [0.2, 0.25) is 0 Å². The van der Waals surface area contributed by atoms with Crippen LogP contribution < -0.4 is 15.1 Å². The van der Waals surface area contributed by atoms with E-state index in [-0.39, 0.29) is 23.5 Å². The van der Waals surface area contributed by atoms with E-state index >= 15 is 0 Å². The molecule has 2 aromatic rings. The van der Waals surface area contributed by atoms with Crippen molar-refractivity contribution in [1.82, 2.24) is 4.98 Å². The second-order valence-electron chi connectivity index (χ2n) is 11.0. The molecule has 1 aromatic heterocycles. The number of hydrogen-bond acceptors (Lipinski definition) is 7. The van der Waals surface area contributed by atoms with Gasteiger partial charge in [0.15, 0.2) is 0 Å². The first-order chi connectivity index (χ1) is 17.5. The van der Waals surface area contributed by atoms with Gasteiger partial charge in [-0.2, -0.15) is 0 Å². The number of fused-ring (bicyclic) bond motifs is 2. The van der Waals surface area contributed by atoms with Crippen LogP contribution in [0.25, 0.3) is 0 Å². The van der Waals surface area contributed by atoms with Gasteiger partial charge >= 0.3 is 0 Å². The van der Waals surface area contributed by atoms with E-state index < -0.39 is 6.10 Å². The molecule has 1 amide bonds. The molecule has 3 fully saturated rings. The van der Waals surface area contributed by atoms with Crippen LogP contribution >= 0.6 is 0 Å². The van der Waals surface area contributed by atoms with E-state index in [1.165, 1.54) is 6.42 Å². The molecule has 8 nitrogen and oxygen atoms in total. The van der Waals surface area contributed by atoms with Gasteiger partial charge in [-0.1, -0.05) is 6.07 Å². The molecule has 0 radical (unpaired) electrons. The lowest BCUT2D eigenvalue weighted by molar-refractivity contribution is -0.143. The van der Waals surface area contributed by atoms with E-state index in [0.29, 0.717) is 19.6 Å². The summed E-state index contributed by atoms with van der Waals surface area (Å²) in [5.41, 5.74) is 4.17. The van der Waals surface area contributed by atoms with Crippen LogP contribution in [0.1, 0.15) is 45.1 Å². The lowest BCUT2D eigenvalue weighted by Crippen LogP contribution is -2.60. The first-order valence-electron chi connectivity index (χ1n) is 13.3. The summed E-state index contributed by atoms with van der Waals surface area (Å²) in [4.78, 5) is 22.7. The molecule has 0 unspecified atom stereocenters. The number of amides is 1. The maximum atomic E-state index is 13.9. The highest BCUT2D eigenvalue weighted by atomic mass is 16.5. The zero-order valence-corrected chi connectivity index (χ0v) is 21.2. The predicted molar refractivity (Wildman–Crippen MR) is 139 cm³/mol. The smallest absolute Gasteiger partial charge is 0.256 e. The number of aromatic nitrogens is 1.